The van der Waals surface area contributed by atoms with E-state index in [0.717, 1.165) is 30.0 Å². The van der Waals surface area contributed by atoms with E-state index in [0.29, 0.717) is 10.7 Å². The first-order valence-electron chi connectivity index (χ1n) is 6.88. The van der Waals surface area contributed by atoms with Crippen LogP contribution in [0.3, 0.4) is 0 Å². The van der Waals surface area contributed by atoms with E-state index in [-0.39, 0.29) is 11.6 Å². The summed E-state index contributed by atoms with van der Waals surface area (Å²) in [5.74, 6) is 0. The molecule has 1 atom stereocenters. The summed E-state index contributed by atoms with van der Waals surface area (Å²) in [5.41, 5.74) is 0.883. The maximum atomic E-state index is 12.5. The van der Waals surface area contributed by atoms with Gasteiger partial charge in [0.15, 0.2) is 5.69 Å². The fourth-order valence-electron chi connectivity index (χ4n) is 2.54. The molecule has 0 saturated carbocycles. The van der Waals surface area contributed by atoms with E-state index < -0.39 is 0 Å². The van der Waals surface area contributed by atoms with Crippen molar-refractivity contribution in [3.05, 3.63) is 45.7 Å². The average Bonchev–Trinajstić information content (AvgIpc) is 3.18. The van der Waals surface area contributed by atoms with Crippen LogP contribution in [0.25, 0.3) is 16.2 Å². The van der Waals surface area contributed by atoms with Gasteiger partial charge in [0.25, 0.3) is 0 Å². The highest BCUT2D eigenvalue weighted by Crippen LogP contribution is 2.26. The number of rotatable bonds is 2. The highest BCUT2D eigenvalue weighted by atomic mass is 32.1. The molecule has 2 aromatic heterocycles. The topological polar surface area (TPSA) is 72.2 Å². The molecule has 21 heavy (non-hydrogen) atoms. The molecule has 4 rings (SSSR count). The molecule has 3 heterocycles. The largest absolute Gasteiger partial charge is 0.308 e. The van der Waals surface area contributed by atoms with Gasteiger partial charge >= 0.3 is 5.56 Å². The maximum Gasteiger partial charge on any atom is 0.302 e. The predicted octanol–water partition coefficient (Wildman–Crippen LogP) is 1.64. The number of hydrogen-bond acceptors (Lipinski definition) is 6. The Hall–Kier alpha value is -2.12. The minimum absolute atomic E-state index is 0.216. The van der Waals surface area contributed by atoms with Crippen molar-refractivity contribution in [1.29, 1.82) is 0 Å². The lowest BCUT2D eigenvalue weighted by molar-refractivity contribution is 0.627. The fourth-order valence-corrected chi connectivity index (χ4v) is 3.49. The van der Waals surface area contributed by atoms with Crippen LogP contribution >= 0.6 is 11.3 Å². The Morgan fingerprint density at radius 2 is 2.10 bits per heavy atom. The van der Waals surface area contributed by atoms with Gasteiger partial charge < -0.3 is 5.32 Å². The molecule has 106 valence electrons. The molecular formula is C14H13N5OS. The van der Waals surface area contributed by atoms with Gasteiger partial charge in [-0.2, -0.15) is 9.61 Å². The maximum absolute atomic E-state index is 12.5. The van der Waals surface area contributed by atoms with Crippen LogP contribution < -0.4 is 10.9 Å². The van der Waals surface area contributed by atoms with Crippen LogP contribution in [0.4, 0.5) is 0 Å². The van der Waals surface area contributed by atoms with E-state index in [1.807, 2.05) is 30.3 Å². The van der Waals surface area contributed by atoms with Crippen molar-refractivity contribution in [3.63, 3.8) is 0 Å². The molecule has 0 spiro atoms. The third kappa shape index (κ3) is 2.14. The van der Waals surface area contributed by atoms with E-state index in [2.05, 4.69) is 20.6 Å². The number of aromatic nitrogens is 4. The van der Waals surface area contributed by atoms with E-state index in [1.54, 1.807) is 0 Å². The van der Waals surface area contributed by atoms with Gasteiger partial charge in [0.1, 0.15) is 5.01 Å². The zero-order chi connectivity index (χ0) is 14.2. The molecule has 1 saturated heterocycles. The van der Waals surface area contributed by atoms with Crippen molar-refractivity contribution >= 4 is 16.3 Å². The van der Waals surface area contributed by atoms with Gasteiger partial charge in [0.05, 0.1) is 6.04 Å². The summed E-state index contributed by atoms with van der Waals surface area (Å²) in [5, 5.41) is 17.0. The smallest absolute Gasteiger partial charge is 0.302 e. The molecule has 1 N–H and O–H groups in total. The Kier molecular flexibility index (Phi) is 3.01. The summed E-state index contributed by atoms with van der Waals surface area (Å²) in [4.78, 5) is 13.1. The number of hydrogen-bond donors (Lipinski definition) is 1. The Morgan fingerprint density at radius 1 is 1.24 bits per heavy atom. The monoisotopic (exact) mass is 299 g/mol. The van der Waals surface area contributed by atoms with Crippen molar-refractivity contribution in [1.82, 2.24) is 25.1 Å². The predicted molar refractivity (Wildman–Crippen MR) is 80.3 cm³/mol. The van der Waals surface area contributed by atoms with Crippen LogP contribution in [0.5, 0.6) is 0 Å². The van der Waals surface area contributed by atoms with Gasteiger partial charge in [-0.05, 0) is 19.4 Å². The number of nitrogens with one attached hydrogen (secondary N) is 1. The van der Waals surface area contributed by atoms with E-state index in [9.17, 15) is 4.79 Å². The number of nitrogens with zero attached hydrogens (tertiary/aromatic N) is 4. The minimum atomic E-state index is -0.216. The first kappa shape index (κ1) is 12.6. The quantitative estimate of drug-likeness (QED) is 0.779. The Labute approximate surface area is 124 Å². The molecule has 1 fully saturated rings. The van der Waals surface area contributed by atoms with Crippen molar-refractivity contribution in [3.8, 4) is 11.3 Å². The van der Waals surface area contributed by atoms with Crippen LogP contribution in [0.15, 0.2) is 35.1 Å². The molecule has 0 amide bonds. The van der Waals surface area contributed by atoms with Gasteiger partial charge in [0, 0.05) is 5.56 Å². The van der Waals surface area contributed by atoms with Crippen LogP contribution in [0.1, 0.15) is 23.9 Å². The van der Waals surface area contributed by atoms with Crippen LogP contribution in [0.2, 0.25) is 0 Å². The molecule has 0 radical (unpaired) electrons. The second-order valence-corrected chi connectivity index (χ2v) is 5.99. The summed E-state index contributed by atoms with van der Waals surface area (Å²) in [6, 6.07) is 9.59. The molecule has 0 aliphatic carbocycles. The SMILES string of the molecule is O=c1c(-c2ccccc2)nnc2sc(C3CCCN3)nn12. The number of benzene rings is 1. The Morgan fingerprint density at radius 3 is 2.86 bits per heavy atom. The molecule has 1 unspecified atom stereocenters. The molecule has 0 bridgehead atoms. The summed E-state index contributed by atoms with van der Waals surface area (Å²) >= 11 is 1.43. The third-order valence-electron chi connectivity index (χ3n) is 3.61. The second kappa shape index (κ2) is 5.01. The molecular weight excluding hydrogens is 286 g/mol. The summed E-state index contributed by atoms with van der Waals surface area (Å²) in [6.45, 7) is 0.996. The zero-order valence-corrected chi connectivity index (χ0v) is 12.0. The summed E-state index contributed by atoms with van der Waals surface area (Å²) in [6.07, 6.45) is 2.18. The van der Waals surface area contributed by atoms with Gasteiger partial charge in [0.2, 0.25) is 4.96 Å². The average molecular weight is 299 g/mol. The molecule has 1 aromatic carbocycles. The number of fused-ring (bicyclic) bond motifs is 1. The van der Waals surface area contributed by atoms with Crippen LogP contribution in [-0.2, 0) is 0 Å². The van der Waals surface area contributed by atoms with E-state index in [4.69, 9.17) is 0 Å². The third-order valence-corrected chi connectivity index (χ3v) is 4.62. The standard InChI is InChI=1S/C14H13N5OS/c20-13-11(9-5-2-1-3-6-9)16-17-14-19(13)18-12(21-14)10-7-4-8-15-10/h1-3,5-6,10,15H,4,7-8H2. The Bertz CT molecular complexity index is 835. The fraction of sp³-hybridized carbons (Fsp3) is 0.286. The molecule has 7 heteroatoms. The van der Waals surface area contributed by atoms with Crippen molar-refractivity contribution in [2.75, 3.05) is 6.54 Å². The second-order valence-electron chi connectivity index (χ2n) is 5.00. The van der Waals surface area contributed by atoms with Crippen LogP contribution in [-0.4, -0.2) is 26.4 Å². The Balaban J connectivity index is 1.85. The van der Waals surface area contributed by atoms with Crippen molar-refractivity contribution in [2.45, 2.75) is 18.9 Å². The lowest BCUT2D eigenvalue weighted by atomic mass is 10.2. The first-order chi connectivity index (χ1) is 10.3. The van der Waals surface area contributed by atoms with E-state index in [1.165, 1.54) is 15.9 Å². The lowest BCUT2D eigenvalue weighted by Crippen LogP contribution is -2.20. The normalized spacial score (nSPS) is 18.4. The van der Waals surface area contributed by atoms with Gasteiger partial charge in [-0.3, -0.25) is 4.79 Å². The van der Waals surface area contributed by atoms with E-state index >= 15 is 0 Å². The highest BCUT2D eigenvalue weighted by molar-refractivity contribution is 7.16. The van der Waals surface area contributed by atoms with Crippen molar-refractivity contribution in [2.24, 2.45) is 0 Å². The van der Waals surface area contributed by atoms with Crippen LogP contribution in [0, 0.1) is 0 Å². The van der Waals surface area contributed by atoms with Crippen molar-refractivity contribution < 1.29 is 0 Å². The molecule has 1 aliphatic heterocycles. The summed E-state index contributed by atoms with van der Waals surface area (Å²) < 4.78 is 1.37. The molecule has 6 nitrogen and oxygen atoms in total. The molecule has 3 aromatic rings. The van der Waals surface area contributed by atoms with Gasteiger partial charge in [-0.25, -0.2) is 0 Å². The molecule has 1 aliphatic rings. The van der Waals surface area contributed by atoms with Gasteiger partial charge in [-0.1, -0.05) is 41.7 Å². The van der Waals surface area contributed by atoms with Gasteiger partial charge in [-0.15, -0.1) is 10.2 Å². The summed E-state index contributed by atoms with van der Waals surface area (Å²) in [7, 11) is 0. The minimum Gasteiger partial charge on any atom is -0.308 e. The first-order valence-corrected chi connectivity index (χ1v) is 7.70. The highest BCUT2D eigenvalue weighted by Gasteiger charge is 2.22. The lowest BCUT2D eigenvalue weighted by Gasteiger charge is -2.02. The zero-order valence-electron chi connectivity index (χ0n) is 11.2.